The Labute approximate surface area is 112 Å². The maximum Gasteiger partial charge on any atom is 0.244 e. The number of nitrogens with one attached hydrogen (secondary N) is 1. The van der Waals surface area contributed by atoms with E-state index in [4.69, 9.17) is 23.2 Å². The molecule has 0 spiro atoms. The van der Waals surface area contributed by atoms with Crippen molar-refractivity contribution in [3.05, 3.63) is 45.5 Å². The highest BCUT2D eigenvalue weighted by Crippen LogP contribution is 2.25. The largest absolute Gasteiger partial charge is 0.346 e. The average molecular weight is 272 g/mol. The van der Waals surface area contributed by atoms with Crippen molar-refractivity contribution in [1.82, 2.24) is 5.32 Å². The first-order chi connectivity index (χ1) is 7.90. The van der Waals surface area contributed by atoms with Crippen molar-refractivity contribution >= 4 is 29.1 Å². The first-order valence-corrected chi connectivity index (χ1v) is 6.06. The van der Waals surface area contributed by atoms with Crippen molar-refractivity contribution in [3.8, 4) is 0 Å². The molecule has 2 nitrogen and oxygen atoms in total. The highest BCUT2D eigenvalue weighted by atomic mass is 35.5. The Balaban J connectivity index is 2.80. The minimum atomic E-state index is -0.150. The topological polar surface area (TPSA) is 29.1 Å². The molecule has 1 aromatic rings. The van der Waals surface area contributed by atoms with E-state index in [0.29, 0.717) is 10.0 Å². The number of allylic oxidation sites excluding steroid dienone is 1. The van der Waals surface area contributed by atoms with Crippen LogP contribution in [-0.4, -0.2) is 5.91 Å². The van der Waals surface area contributed by atoms with E-state index in [1.165, 1.54) is 0 Å². The molecule has 0 heterocycles. The molecule has 17 heavy (non-hydrogen) atoms. The van der Waals surface area contributed by atoms with Gasteiger partial charge in [-0.3, -0.25) is 4.79 Å². The Morgan fingerprint density at radius 3 is 2.53 bits per heavy atom. The van der Waals surface area contributed by atoms with Crippen LogP contribution in [0, 0.1) is 0 Å². The Morgan fingerprint density at radius 1 is 1.35 bits per heavy atom. The number of benzene rings is 1. The van der Waals surface area contributed by atoms with Gasteiger partial charge in [-0.25, -0.2) is 0 Å². The molecule has 1 atom stereocenters. The smallest absolute Gasteiger partial charge is 0.244 e. The fourth-order valence-corrected chi connectivity index (χ4v) is 2.02. The summed E-state index contributed by atoms with van der Waals surface area (Å²) < 4.78 is 0. The monoisotopic (exact) mass is 271 g/mol. The number of rotatable bonds is 3. The fraction of sp³-hybridized carbons (Fsp3) is 0.308. The first kappa shape index (κ1) is 14.1. The van der Waals surface area contributed by atoms with Gasteiger partial charge in [0.25, 0.3) is 0 Å². The van der Waals surface area contributed by atoms with E-state index in [2.05, 4.69) is 5.32 Å². The molecule has 0 saturated carbocycles. The molecule has 0 fully saturated rings. The van der Waals surface area contributed by atoms with Gasteiger partial charge in [0.15, 0.2) is 0 Å². The number of hydrogen-bond acceptors (Lipinski definition) is 1. The number of amides is 1. The van der Waals surface area contributed by atoms with Crippen LogP contribution in [0.3, 0.4) is 0 Å². The van der Waals surface area contributed by atoms with Crippen LogP contribution in [0.15, 0.2) is 29.8 Å². The lowest BCUT2D eigenvalue weighted by Crippen LogP contribution is -2.25. The van der Waals surface area contributed by atoms with E-state index in [1.54, 1.807) is 18.2 Å². The van der Waals surface area contributed by atoms with Gasteiger partial charge in [0.2, 0.25) is 5.91 Å². The maximum absolute atomic E-state index is 11.6. The standard InChI is InChI=1S/C13H15Cl2NO/c1-8(2)6-13(17)16-9(3)11-5-4-10(14)7-12(11)15/h4-7,9H,1-3H3,(H,16,17)/t9-/m0/s1. The molecule has 4 heteroatoms. The number of hydrogen-bond donors (Lipinski definition) is 1. The molecule has 0 unspecified atom stereocenters. The zero-order valence-electron chi connectivity index (χ0n) is 10.1. The molecule has 0 aliphatic rings. The molecule has 0 radical (unpaired) electrons. The third-order valence-electron chi connectivity index (χ3n) is 2.21. The predicted molar refractivity (Wildman–Crippen MR) is 72.5 cm³/mol. The van der Waals surface area contributed by atoms with Crippen molar-refractivity contribution in [1.29, 1.82) is 0 Å². The molecule has 1 amide bonds. The molecule has 0 saturated heterocycles. The second-order valence-electron chi connectivity index (χ2n) is 4.12. The van der Waals surface area contributed by atoms with Crippen molar-refractivity contribution in [2.45, 2.75) is 26.8 Å². The molecular formula is C13H15Cl2NO. The summed E-state index contributed by atoms with van der Waals surface area (Å²) in [5.74, 6) is -0.122. The van der Waals surface area contributed by atoms with E-state index >= 15 is 0 Å². The summed E-state index contributed by atoms with van der Waals surface area (Å²) >= 11 is 11.9. The van der Waals surface area contributed by atoms with Gasteiger partial charge in [0.1, 0.15) is 0 Å². The molecule has 92 valence electrons. The Bertz CT molecular complexity index is 451. The van der Waals surface area contributed by atoms with Crippen LogP contribution in [0.4, 0.5) is 0 Å². The molecule has 0 aromatic heterocycles. The van der Waals surface area contributed by atoms with Gasteiger partial charge in [-0.05, 0) is 38.5 Å². The van der Waals surface area contributed by atoms with E-state index in [9.17, 15) is 4.79 Å². The van der Waals surface area contributed by atoms with E-state index < -0.39 is 0 Å². The van der Waals surface area contributed by atoms with Crippen molar-refractivity contribution in [2.24, 2.45) is 0 Å². The maximum atomic E-state index is 11.6. The fourth-order valence-electron chi connectivity index (χ4n) is 1.45. The van der Waals surface area contributed by atoms with E-state index in [0.717, 1.165) is 11.1 Å². The summed E-state index contributed by atoms with van der Waals surface area (Å²) in [5.41, 5.74) is 1.81. The molecular weight excluding hydrogens is 257 g/mol. The predicted octanol–water partition coefficient (Wildman–Crippen LogP) is 4.14. The lowest BCUT2D eigenvalue weighted by atomic mass is 10.1. The Morgan fingerprint density at radius 2 is 2.00 bits per heavy atom. The van der Waals surface area contributed by atoms with Crippen molar-refractivity contribution < 1.29 is 4.79 Å². The van der Waals surface area contributed by atoms with Crippen LogP contribution in [0.25, 0.3) is 0 Å². The highest BCUT2D eigenvalue weighted by molar-refractivity contribution is 6.35. The summed E-state index contributed by atoms with van der Waals surface area (Å²) in [6, 6.07) is 5.09. The highest BCUT2D eigenvalue weighted by Gasteiger charge is 2.11. The number of carbonyl (C=O) groups is 1. The van der Waals surface area contributed by atoms with Crippen molar-refractivity contribution in [2.75, 3.05) is 0 Å². The minimum absolute atomic E-state index is 0.122. The zero-order valence-corrected chi connectivity index (χ0v) is 11.6. The van der Waals surface area contributed by atoms with Gasteiger partial charge in [-0.15, -0.1) is 0 Å². The summed E-state index contributed by atoms with van der Waals surface area (Å²) in [5, 5.41) is 3.99. The van der Waals surface area contributed by atoms with Gasteiger partial charge in [0, 0.05) is 16.1 Å². The zero-order chi connectivity index (χ0) is 13.0. The lowest BCUT2D eigenvalue weighted by molar-refractivity contribution is -0.117. The summed E-state index contributed by atoms with van der Waals surface area (Å²) in [6.07, 6.45) is 1.56. The van der Waals surface area contributed by atoms with Crippen LogP contribution < -0.4 is 5.32 Å². The summed E-state index contributed by atoms with van der Waals surface area (Å²) in [7, 11) is 0. The third kappa shape index (κ3) is 4.41. The van der Waals surface area contributed by atoms with Crippen LogP contribution in [0.1, 0.15) is 32.4 Å². The third-order valence-corrected chi connectivity index (χ3v) is 2.77. The van der Waals surface area contributed by atoms with Crippen LogP contribution in [0.5, 0.6) is 0 Å². The van der Waals surface area contributed by atoms with Crippen LogP contribution in [-0.2, 0) is 4.79 Å². The number of halogens is 2. The minimum Gasteiger partial charge on any atom is -0.346 e. The van der Waals surface area contributed by atoms with E-state index in [-0.39, 0.29) is 11.9 Å². The van der Waals surface area contributed by atoms with Gasteiger partial charge in [-0.2, -0.15) is 0 Å². The van der Waals surface area contributed by atoms with Gasteiger partial charge in [0.05, 0.1) is 6.04 Å². The first-order valence-electron chi connectivity index (χ1n) is 5.30. The van der Waals surface area contributed by atoms with Gasteiger partial charge < -0.3 is 5.32 Å². The number of carbonyl (C=O) groups excluding carboxylic acids is 1. The van der Waals surface area contributed by atoms with Gasteiger partial charge >= 0.3 is 0 Å². The van der Waals surface area contributed by atoms with Gasteiger partial charge in [-0.1, -0.05) is 34.8 Å². The molecule has 1 aromatic carbocycles. The summed E-state index contributed by atoms with van der Waals surface area (Å²) in [4.78, 5) is 11.6. The molecule has 1 rings (SSSR count). The van der Waals surface area contributed by atoms with Crippen LogP contribution >= 0.6 is 23.2 Å². The normalized spacial score (nSPS) is 11.8. The second kappa shape index (κ2) is 6.08. The van der Waals surface area contributed by atoms with Crippen LogP contribution in [0.2, 0.25) is 10.0 Å². The second-order valence-corrected chi connectivity index (χ2v) is 4.96. The SMILES string of the molecule is CC(C)=CC(=O)N[C@@H](C)c1ccc(Cl)cc1Cl. The molecule has 0 aliphatic heterocycles. The molecule has 1 N–H and O–H groups in total. The average Bonchev–Trinajstić information content (AvgIpc) is 2.15. The lowest BCUT2D eigenvalue weighted by Gasteiger charge is -2.14. The van der Waals surface area contributed by atoms with Crippen molar-refractivity contribution in [3.63, 3.8) is 0 Å². The Kier molecular flexibility index (Phi) is 5.03. The molecule has 0 bridgehead atoms. The van der Waals surface area contributed by atoms with E-state index in [1.807, 2.05) is 26.8 Å². The summed E-state index contributed by atoms with van der Waals surface area (Å²) in [6.45, 7) is 5.63. The molecule has 0 aliphatic carbocycles. The quantitative estimate of drug-likeness (QED) is 0.823. The Hall–Kier alpha value is -0.990.